The topological polar surface area (TPSA) is 30.5 Å². The van der Waals surface area contributed by atoms with Crippen molar-refractivity contribution in [1.82, 2.24) is 5.32 Å². The van der Waals surface area contributed by atoms with Crippen LogP contribution in [-0.2, 0) is 16.0 Å². The molecule has 1 rings (SSSR count). The van der Waals surface area contributed by atoms with E-state index in [4.69, 9.17) is 9.47 Å². The number of ether oxygens (including phenoxy) is 2. The highest BCUT2D eigenvalue weighted by molar-refractivity contribution is 5.16. The van der Waals surface area contributed by atoms with Gasteiger partial charge in [0.1, 0.15) is 5.82 Å². The zero-order chi connectivity index (χ0) is 11.6. The van der Waals surface area contributed by atoms with E-state index in [-0.39, 0.29) is 5.82 Å². The van der Waals surface area contributed by atoms with E-state index in [2.05, 4.69) is 5.32 Å². The zero-order valence-electron chi connectivity index (χ0n) is 9.54. The maximum atomic E-state index is 13.2. The van der Waals surface area contributed by atoms with Gasteiger partial charge in [0, 0.05) is 25.8 Å². The molecule has 1 aromatic rings. The first-order valence-corrected chi connectivity index (χ1v) is 5.35. The summed E-state index contributed by atoms with van der Waals surface area (Å²) in [6, 6.07) is 6.75. The van der Waals surface area contributed by atoms with Gasteiger partial charge in [-0.05, 0) is 6.07 Å². The van der Waals surface area contributed by atoms with Gasteiger partial charge in [0.15, 0.2) is 0 Å². The van der Waals surface area contributed by atoms with Crippen molar-refractivity contribution in [1.29, 1.82) is 0 Å². The molecule has 3 nitrogen and oxygen atoms in total. The van der Waals surface area contributed by atoms with E-state index < -0.39 is 0 Å². The molecule has 0 fully saturated rings. The molecule has 0 atom stereocenters. The summed E-state index contributed by atoms with van der Waals surface area (Å²) in [6.07, 6.45) is 0. The minimum atomic E-state index is -0.171. The normalized spacial score (nSPS) is 10.6. The molecule has 16 heavy (non-hydrogen) atoms. The Labute approximate surface area is 95.6 Å². The molecule has 0 saturated carbocycles. The predicted octanol–water partition coefficient (Wildman–Crippen LogP) is 1.58. The number of benzene rings is 1. The van der Waals surface area contributed by atoms with Crippen molar-refractivity contribution >= 4 is 0 Å². The minimum Gasteiger partial charge on any atom is -0.382 e. The second kappa shape index (κ2) is 8.21. The van der Waals surface area contributed by atoms with Crippen LogP contribution in [0.1, 0.15) is 5.56 Å². The second-order valence-corrected chi connectivity index (χ2v) is 3.37. The molecular formula is C12H18FNO2. The molecule has 0 heterocycles. The average molecular weight is 227 g/mol. The molecule has 1 N–H and O–H groups in total. The third-order valence-electron chi connectivity index (χ3n) is 2.13. The smallest absolute Gasteiger partial charge is 0.127 e. The Bertz CT molecular complexity index is 294. The highest BCUT2D eigenvalue weighted by Crippen LogP contribution is 2.04. The highest BCUT2D eigenvalue weighted by Gasteiger charge is 1.98. The van der Waals surface area contributed by atoms with Crippen LogP contribution in [0.4, 0.5) is 4.39 Å². The second-order valence-electron chi connectivity index (χ2n) is 3.37. The van der Waals surface area contributed by atoms with Crippen molar-refractivity contribution in [3.8, 4) is 0 Å². The molecule has 90 valence electrons. The van der Waals surface area contributed by atoms with Gasteiger partial charge in [-0.1, -0.05) is 18.2 Å². The Morgan fingerprint density at radius 1 is 1.19 bits per heavy atom. The quantitative estimate of drug-likeness (QED) is 0.684. The maximum absolute atomic E-state index is 13.2. The van der Waals surface area contributed by atoms with Gasteiger partial charge in [-0.15, -0.1) is 0 Å². The molecule has 0 amide bonds. The summed E-state index contributed by atoms with van der Waals surface area (Å²) in [6.45, 7) is 3.04. The van der Waals surface area contributed by atoms with E-state index in [9.17, 15) is 4.39 Å². The van der Waals surface area contributed by atoms with Gasteiger partial charge < -0.3 is 14.8 Å². The van der Waals surface area contributed by atoms with Gasteiger partial charge in [-0.2, -0.15) is 0 Å². The number of hydrogen-bond donors (Lipinski definition) is 1. The molecule has 0 saturated heterocycles. The van der Waals surface area contributed by atoms with Crippen molar-refractivity contribution < 1.29 is 13.9 Å². The maximum Gasteiger partial charge on any atom is 0.127 e. The summed E-state index contributed by atoms with van der Waals surface area (Å²) in [5.41, 5.74) is 0.680. The van der Waals surface area contributed by atoms with Crippen LogP contribution in [0.3, 0.4) is 0 Å². The third-order valence-corrected chi connectivity index (χ3v) is 2.13. The lowest BCUT2D eigenvalue weighted by Crippen LogP contribution is -2.20. The minimum absolute atomic E-state index is 0.171. The van der Waals surface area contributed by atoms with Crippen molar-refractivity contribution in [2.24, 2.45) is 0 Å². The van der Waals surface area contributed by atoms with E-state index >= 15 is 0 Å². The summed E-state index contributed by atoms with van der Waals surface area (Å²) in [4.78, 5) is 0. The first-order valence-electron chi connectivity index (χ1n) is 5.35. The SMILES string of the molecule is COCCOCCNCc1ccccc1F. The summed E-state index contributed by atoms with van der Waals surface area (Å²) < 4.78 is 23.3. The molecular weight excluding hydrogens is 209 g/mol. The van der Waals surface area contributed by atoms with Gasteiger partial charge >= 0.3 is 0 Å². The van der Waals surface area contributed by atoms with Crippen LogP contribution in [0.2, 0.25) is 0 Å². The summed E-state index contributed by atoms with van der Waals surface area (Å²) in [5, 5.41) is 3.11. The fourth-order valence-electron chi connectivity index (χ4n) is 1.25. The van der Waals surface area contributed by atoms with Crippen LogP contribution in [-0.4, -0.2) is 33.5 Å². The Hall–Kier alpha value is -0.970. The lowest BCUT2D eigenvalue weighted by Gasteiger charge is -2.06. The molecule has 0 aliphatic heterocycles. The van der Waals surface area contributed by atoms with Crippen LogP contribution >= 0.6 is 0 Å². The molecule has 0 spiro atoms. The number of methoxy groups -OCH3 is 1. The van der Waals surface area contributed by atoms with E-state index in [1.807, 2.05) is 6.07 Å². The molecule has 0 bridgehead atoms. The third kappa shape index (κ3) is 5.21. The van der Waals surface area contributed by atoms with Gasteiger partial charge in [-0.3, -0.25) is 0 Å². The Morgan fingerprint density at radius 2 is 2.00 bits per heavy atom. The van der Waals surface area contributed by atoms with Crippen LogP contribution < -0.4 is 5.32 Å². The number of rotatable bonds is 8. The molecule has 0 radical (unpaired) electrons. The predicted molar refractivity (Wildman–Crippen MR) is 60.8 cm³/mol. The fourth-order valence-corrected chi connectivity index (χ4v) is 1.25. The van der Waals surface area contributed by atoms with Crippen LogP contribution in [0.25, 0.3) is 0 Å². The van der Waals surface area contributed by atoms with E-state index in [0.29, 0.717) is 38.5 Å². The van der Waals surface area contributed by atoms with Crippen LogP contribution in [0, 0.1) is 5.82 Å². The van der Waals surface area contributed by atoms with Gasteiger partial charge in [0.25, 0.3) is 0 Å². The van der Waals surface area contributed by atoms with Crippen LogP contribution in [0.5, 0.6) is 0 Å². The monoisotopic (exact) mass is 227 g/mol. The number of hydrogen-bond acceptors (Lipinski definition) is 3. The molecule has 0 aromatic heterocycles. The zero-order valence-corrected chi connectivity index (χ0v) is 9.54. The summed E-state index contributed by atoms with van der Waals surface area (Å²) in [5.74, 6) is -0.171. The molecule has 0 unspecified atom stereocenters. The lowest BCUT2D eigenvalue weighted by molar-refractivity contribution is 0.0719. The molecule has 0 aliphatic carbocycles. The van der Waals surface area contributed by atoms with Gasteiger partial charge in [0.05, 0.1) is 19.8 Å². The first-order chi connectivity index (χ1) is 7.84. The molecule has 1 aromatic carbocycles. The number of halogens is 1. The Morgan fingerprint density at radius 3 is 2.75 bits per heavy atom. The Balaban J connectivity index is 2.05. The number of nitrogens with one attached hydrogen (secondary N) is 1. The summed E-state index contributed by atoms with van der Waals surface area (Å²) >= 11 is 0. The lowest BCUT2D eigenvalue weighted by atomic mass is 10.2. The first kappa shape index (κ1) is 13.1. The van der Waals surface area contributed by atoms with E-state index in [1.54, 1.807) is 19.2 Å². The van der Waals surface area contributed by atoms with Crippen molar-refractivity contribution in [3.63, 3.8) is 0 Å². The van der Waals surface area contributed by atoms with Crippen molar-refractivity contribution in [2.45, 2.75) is 6.54 Å². The van der Waals surface area contributed by atoms with Gasteiger partial charge in [0.2, 0.25) is 0 Å². The molecule has 4 heteroatoms. The van der Waals surface area contributed by atoms with Crippen molar-refractivity contribution in [2.75, 3.05) is 33.5 Å². The van der Waals surface area contributed by atoms with Crippen molar-refractivity contribution in [3.05, 3.63) is 35.6 Å². The summed E-state index contributed by atoms with van der Waals surface area (Å²) in [7, 11) is 1.64. The Kier molecular flexibility index (Phi) is 6.72. The van der Waals surface area contributed by atoms with Gasteiger partial charge in [-0.25, -0.2) is 4.39 Å². The fraction of sp³-hybridized carbons (Fsp3) is 0.500. The molecule has 0 aliphatic rings. The van der Waals surface area contributed by atoms with E-state index in [1.165, 1.54) is 6.07 Å². The van der Waals surface area contributed by atoms with Crippen LogP contribution in [0.15, 0.2) is 24.3 Å². The largest absolute Gasteiger partial charge is 0.382 e. The highest BCUT2D eigenvalue weighted by atomic mass is 19.1. The standard InChI is InChI=1S/C12H18FNO2/c1-15-8-9-16-7-6-14-10-11-4-2-3-5-12(11)13/h2-5,14H,6-10H2,1H3. The average Bonchev–Trinajstić information content (AvgIpc) is 2.30. The van der Waals surface area contributed by atoms with E-state index in [0.717, 1.165) is 0 Å².